The maximum atomic E-state index is 10.4. The number of aliphatic hydroxyl groups is 1. The summed E-state index contributed by atoms with van der Waals surface area (Å²) >= 11 is 3.35. The van der Waals surface area contributed by atoms with Crippen molar-refractivity contribution in [2.24, 2.45) is 0 Å². The number of hydrogen-bond acceptors (Lipinski definition) is 3. The highest BCUT2D eigenvalue weighted by Gasteiger charge is 2.22. The summed E-state index contributed by atoms with van der Waals surface area (Å²) in [6.45, 7) is 2.49. The van der Waals surface area contributed by atoms with Gasteiger partial charge in [0.2, 0.25) is 0 Å². The Morgan fingerprint density at radius 2 is 1.95 bits per heavy atom. The van der Waals surface area contributed by atoms with Gasteiger partial charge in [0.1, 0.15) is 6.10 Å². The van der Waals surface area contributed by atoms with Crippen LogP contribution < -0.4 is 0 Å². The van der Waals surface area contributed by atoms with Crippen LogP contribution >= 0.6 is 15.9 Å². The van der Waals surface area contributed by atoms with Gasteiger partial charge in [-0.15, -0.1) is 0 Å². The van der Waals surface area contributed by atoms with Crippen molar-refractivity contribution in [3.63, 3.8) is 0 Å². The fourth-order valence-corrected chi connectivity index (χ4v) is 2.33. The third-order valence-corrected chi connectivity index (χ3v) is 3.50. The molecule has 2 atom stereocenters. The first-order valence-electron chi connectivity index (χ1n) is 6.65. The molecule has 0 amide bonds. The lowest BCUT2D eigenvalue weighted by atomic mass is 10.0. The van der Waals surface area contributed by atoms with Crippen LogP contribution in [0.15, 0.2) is 53.1 Å². The van der Waals surface area contributed by atoms with Crippen molar-refractivity contribution in [2.45, 2.75) is 25.6 Å². The summed E-state index contributed by atoms with van der Waals surface area (Å²) in [6.07, 6.45) is 1.25. The molecule has 0 saturated heterocycles. The average molecular weight is 336 g/mol. The predicted molar refractivity (Wildman–Crippen MR) is 82.5 cm³/mol. The maximum absolute atomic E-state index is 10.4. The topological polar surface area (TPSA) is 42.4 Å². The van der Waals surface area contributed by atoms with Gasteiger partial charge in [-0.25, -0.2) is 0 Å². The molecule has 2 rings (SSSR count). The summed E-state index contributed by atoms with van der Waals surface area (Å²) in [5.74, 6) is 0. The van der Waals surface area contributed by atoms with E-state index in [9.17, 15) is 5.11 Å². The second kappa shape index (κ2) is 7.53. The van der Waals surface area contributed by atoms with Gasteiger partial charge in [-0.05, 0) is 40.5 Å². The highest BCUT2D eigenvalue weighted by Crippen LogP contribution is 2.23. The fraction of sp³-hybridized carbons (Fsp3) is 0.312. The molecule has 2 aromatic rings. The van der Waals surface area contributed by atoms with E-state index in [0.717, 1.165) is 15.7 Å². The Kier molecular flexibility index (Phi) is 5.71. The molecule has 106 valence electrons. The standard InChI is InChI=1S/C16H18BrNO2/c1-2-20-16(12-6-4-3-5-7-12)15(19)10-14-9-8-13(17)11-18-14/h3-9,11,15-16,19H,2,10H2,1H3. The van der Waals surface area contributed by atoms with E-state index in [1.54, 1.807) is 6.20 Å². The van der Waals surface area contributed by atoms with Crippen LogP contribution in [0.25, 0.3) is 0 Å². The van der Waals surface area contributed by atoms with Gasteiger partial charge in [-0.3, -0.25) is 4.98 Å². The number of aliphatic hydroxyl groups excluding tert-OH is 1. The summed E-state index contributed by atoms with van der Waals surface area (Å²) < 4.78 is 6.63. The van der Waals surface area contributed by atoms with E-state index in [-0.39, 0.29) is 6.10 Å². The predicted octanol–water partition coefficient (Wildman–Crippen LogP) is 3.53. The Morgan fingerprint density at radius 1 is 1.20 bits per heavy atom. The molecule has 3 nitrogen and oxygen atoms in total. The lowest BCUT2D eigenvalue weighted by molar-refractivity contribution is -0.0343. The van der Waals surface area contributed by atoms with Crippen LogP contribution in [0.3, 0.4) is 0 Å². The van der Waals surface area contributed by atoms with Gasteiger partial charge in [0.25, 0.3) is 0 Å². The Bertz CT molecular complexity index is 516. The second-order valence-electron chi connectivity index (χ2n) is 4.53. The normalized spacial score (nSPS) is 13.9. The van der Waals surface area contributed by atoms with Crippen molar-refractivity contribution in [1.29, 1.82) is 0 Å². The van der Waals surface area contributed by atoms with Crippen molar-refractivity contribution < 1.29 is 9.84 Å². The van der Waals surface area contributed by atoms with Gasteiger partial charge in [-0.2, -0.15) is 0 Å². The largest absolute Gasteiger partial charge is 0.390 e. The van der Waals surface area contributed by atoms with Crippen LogP contribution in [0.4, 0.5) is 0 Å². The quantitative estimate of drug-likeness (QED) is 0.878. The molecule has 0 saturated carbocycles. The molecule has 4 heteroatoms. The van der Waals surface area contributed by atoms with Crippen LogP contribution in [0.5, 0.6) is 0 Å². The zero-order valence-corrected chi connectivity index (χ0v) is 13.0. The summed E-state index contributed by atoms with van der Waals surface area (Å²) in [4.78, 5) is 4.29. The molecule has 0 aliphatic rings. The Morgan fingerprint density at radius 3 is 2.55 bits per heavy atom. The first kappa shape index (κ1) is 15.2. The number of nitrogens with zero attached hydrogens (tertiary/aromatic N) is 1. The number of aromatic nitrogens is 1. The molecule has 0 fully saturated rings. The van der Waals surface area contributed by atoms with Gasteiger partial charge in [0, 0.05) is 29.4 Å². The van der Waals surface area contributed by atoms with Crippen LogP contribution in [-0.2, 0) is 11.2 Å². The van der Waals surface area contributed by atoms with E-state index < -0.39 is 6.10 Å². The van der Waals surface area contributed by atoms with E-state index in [2.05, 4.69) is 20.9 Å². The zero-order chi connectivity index (χ0) is 14.4. The smallest absolute Gasteiger partial charge is 0.109 e. The highest BCUT2D eigenvalue weighted by molar-refractivity contribution is 9.10. The Balaban J connectivity index is 2.11. The number of pyridine rings is 1. The minimum Gasteiger partial charge on any atom is -0.390 e. The van der Waals surface area contributed by atoms with Crippen molar-refractivity contribution in [3.8, 4) is 0 Å². The molecule has 2 unspecified atom stereocenters. The Hall–Kier alpha value is -1.23. The molecule has 0 radical (unpaired) electrons. The van der Waals surface area contributed by atoms with Crippen molar-refractivity contribution in [1.82, 2.24) is 4.98 Å². The molecule has 1 N–H and O–H groups in total. The summed E-state index contributed by atoms with van der Waals surface area (Å²) in [5, 5.41) is 10.4. The molecule has 1 aromatic heterocycles. The molecule has 1 aromatic carbocycles. The first-order chi connectivity index (χ1) is 9.70. The number of hydrogen-bond donors (Lipinski definition) is 1. The lowest BCUT2D eigenvalue weighted by Crippen LogP contribution is -2.24. The van der Waals surface area contributed by atoms with Gasteiger partial charge in [0.15, 0.2) is 0 Å². The average Bonchev–Trinajstić information content (AvgIpc) is 2.48. The summed E-state index contributed by atoms with van der Waals surface area (Å²) in [7, 11) is 0. The number of benzene rings is 1. The third-order valence-electron chi connectivity index (χ3n) is 3.03. The molecule has 0 spiro atoms. The summed E-state index contributed by atoms with van der Waals surface area (Å²) in [6, 6.07) is 13.6. The fourth-order valence-electron chi connectivity index (χ4n) is 2.10. The summed E-state index contributed by atoms with van der Waals surface area (Å²) in [5.41, 5.74) is 1.83. The van der Waals surface area contributed by atoms with Crippen LogP contribution in [-0.4, -0.2) is 22.8 Å². The molecular weight excluding hydrogens is 318 g/mol. The molecule has 0 aliphatic heterocycles. The first-order valence-corrected chi connectivity index (χ1v) is 7.45. The van der Waals surface area contributed by atoms with E-state index in [1.807, 2.05) is 49.4 Å². The molecule has 0 aliphatic carbocycles. The van der Waals surface area contributed by atoms with E-state index in [0.29, 0.717) is 13.0 Å². The SMILES string of the molecule is CCOC(c1ccccc1)C(O)Cc1ccc(Br)cn1. The van der Waals surface area contributed by atoms with Crippen molar-refractivity contribution >= 4 is 15.9 Å². The van der Waals surface area contributed by atoms with Gasteiger partial charge >= 0.3 is 0 Å². The minimum absolute atomic E-state index is 0.327. The van der Waals surface area contributed by atoms with Crippen molar-refractivity contribution in [3.05, 3.63) is 64.4 Å². The zero-order valence-electron chi connectivity index (χ0n) is 11.4. The number of rotatable bonds is 6. The molecule has 20 heavy (non-hydrogen) atoms. The Labute approximate surface area is 127 Å². The minimum atomic E-state index is -0.619. The van der Waals surface area contributed by atoms with Gasteiger partial charge in [0.05, 0.1) is 6.10 Å². The van der Waals surface area contributed by atoms with Crippen LogP contribution in [0.1, 0.15) is 24.3 Å². The van der Waals surface area contributed by atoms with Gasteiger partial charge in [-0.1, -0.05) is 30.3 Å². The van der Waals surface area contributed by atoms with Crippen LogP contribution in [0, 0.1) is 0 Å². The van der Waals surface area contributed by atoms with E-state index >= 15 is 0 Å². The van der Waals surface area contributed by atoms with Crippen LogP contribution in [0.2, 0.25) is 0 Å². The van der Waals surface area contributed by atoms with E-state index in [1.165, 1.54) is 0 Å². The lowest BCUT2D eigenvalue weighted by Gasteiger charge is -2.23. The maximum Gasteiger partial charge on any atom is 0.109 e. The van der Waals surface area contributed by atoms with Crippen molar-refractivity contribution in [2.75, 3.05) is 6.61 Å². The molecular formula is C16H18BrNO2. The van der Waals surface area contributed by atoms with E-state index in [4.69, 9.17) is 4.74 Å². The number of halogens is 1. The second-order valence-corrected chi connectivity index (χ2v) is 5.44. The third kappa shape index (κ3) is 4.13. The monoisotopic (exact) mass is 335 g/mol. The molecule has 1 heterocycles. The number of ether oxygens (including phenoxy) is 1. The highest BCUT2D eigenvalue weighted by atomic mass is 79.9. The molecule has 0 bridgehead atoms. The van der Waals surface area contributed by atoms with Gasteiger partial charge < -0.3 is 9.84 Å².